The molecule has 0 heterocycles. The Labute approximate surface area is 207 Å². The molecule has 1 N–H and O–H groups in total. The number of anilines is 1. The number of amides is 1. The minimum Gasteiger partial charge on any atom is -0.354 e. The van der Waals surface area contributed by atoms with Crippen molar-refractivity contribution in [2.45, 2.75) is 37.8 Å². The van der Waals surface area contributed by atoms with Gasteiger partial charge >= 0.3 is 0 Å². The third-order valence-electron chi connectivity index (χ3n) is 5.46. The van der Waals surface area contributed by atoms with Crippen LogP contribution in [0.15, 0.2) is 77.7 Å². The number of nitrogens with one attached hydrogen (secondary N) is 1. The molecular weight excluding hydrogens is 464 g/mol. The number of nitrogens with zero attached hydrogens (tertiary/aromatic N) is 1. The summed E-state index contributed by atoms with van der Waals surface area (Å²) in [7, 11) is -3.89. The highest BCUT2D eigenvalue weighted by molar-refractivity contribution is 7.98. The monoisotopic (exact) mass is 496 g/mol. The van der Waals surface area contributed by atoms with E-state index in [0.717, 1.165) is 29.1 Å². The molecule has 34 heavy (non-hydrogen) atoms. The first-order chi connectivity index (χ1) is 16.3. The van der Waals surface area contributed by atoms with Gasteiger partial charge in [0, 0.05) is 12.3 Å². The van der Waals surface area contributed by atoms with Crippen LogP contribution in [0.1, 0.15) is 28.7 Å². The van der Waals surface area contributed by atoms with Crippen LogP contribution in [-0.2, 0) is 20.6 Å². The molecule has 0 bridgehead atoms. The molecule has 180 valence electrons. The Kier molecular flexibility index (Phi) is 9.19. The molecule has 7 heteroatoms. The third-order valence-corrected chi connectivity index (χ3v) is 8.35. The summed E-state index contributed by atoms with van der Waals surface area (Å²) in [6.45, 7) is 6.06. The lowest BCUT2D eigenvalue weighted by Crippen LogP contribution is -2.41. The van der Waals surface area contributed by atoms with E-state index in [2.05, 4.69) is 36.5 Å². The zero-order chi connectivity index (χ0) is 24.6. The summed E-state index contributed by atoms with van der Waals surface area (Å²) < 4.78 is 28.1. The number of rotatable bonds is 11. The second-order valence-electron chi connectivity index (χ2n) is 8.35. The van der Waals surface area contributed by atoms with Gasteiger partial charge in [0.05, 0.1) is 10.6 Å². The first kappa shape index (κ1) is 25.8. The Hall–Kier alpha value is -2.77. The summed E-state index contributed by atoms with van der Waals surface area (Å²) in [5.74, 6) is 1.53. The Morgan fingerprint density at radius 1 is 0.882 bits per heavy atom. The fourth-order valence-corrected chi connectivity index (χ4v) is 5.85. The Morgan fingerprint density at radius 3 is 2.15 bits per heavy atom. The van der Waals surface area contributed by atoms with Crippen molar-refractivity contribution < 1.29 is 13.2 Å². The first-order valence-corrected chi connectivity index (χ1v) is 13.9. The van der Waals surface area contributed by atoms with E-state index in [4.69, 9.17) is 0 Å². The third kappa shape index (κ3) is 7.11. The lowest BCUT2D eigenvalue weighted by Gasteiger charge is -2.25. The normalized spacial score (nSPS) is 11.3. The zero-order valence-corrected chi connectivity index (χ0v) is 21.6. The van der Waals surface area contributed by atoms with Gasteiger partial charge in [-0.15, -0.1) is 0 Å². The van der Waals surface area contributed by atoms with Crippen molar-refractivity contribution in [3.8, 4) is 0 Å². The maximum absolute atomic E-state index is 13.4. The van der Waals surface area contributed by atoms with E-state index in [1.54, 1.807) is 36.4 Å². The summed E-state index contributed by atoms with van der Waals surface area (Å²) in [6.07, 6.45) is 0.817. The van der Waals surface area contributed by atoms with E-state index in [1.165, 1.54) is 15.4 Å². The minimum absolute atomic E-state index is 0.168. The van der Waals surface area contributed by atoms with Gasteiger partial charge in [0.15, 0.2) is 0 Å². The first-order valence-electron chi connectivity index (χ1n) is 11.3. The van der Waals surface area contributed by atoms with Crippen LogP contribution in [-0.4, -0.2) is 33.2 Å². The van der Waals surface area contributed by atoms with Crippen LogP contribution in [0.2, 0.25) is 0 Å². The fourth-order valence-electron chi connectivity index (χ4n) is 3.44. The van der Waals surface area contributed by atoms with Crippen LogP contribution in [0.3, 0.4) is 0 Å². The quantitative estimate of drug-likeness (QED) is 0.368. The van der Waals surface area contributed by atoms with E-state index in [0.29, 0.717) is 12.2 Å². The molecule has 0 saturated heterocycles. The Morgan fingerprint density at radius 2 is 1.50 bits per heavy atom. The Balaban J connectivity index is 1.59. The Bertz CT molecular complexity index is 1190. The smallest absolute Gasteiger partial charge is 0.264 e. The molecule has 0 aliphatic carbocycles. The van der Waals surface area contributed by atoms with Crippen molar-refractivity contribution in [3.63, 3.8) is 0 Å². The number of carbonyl (C=O) groups excluding carboxylic acids is 1. The van der Waals surface area contributed by atoms with Gasteiger partial charge in [-0.1, -0.05) is 65.7 Å². The van der Waals surface area contributed by atoms with Crippen LogP contribution in [0.5, 0.6) is 0 Å². The number of thioether (sulfide) groups is 1. The van der Waals surface area contributed by atoms with E-state index >= 15 is 0 Å². The number of benzene rings is 3. The molecule has 0 aromatic heterocycles. The summed E-state index contributed by atoms with van der Waals surface area (Å²) in [6, 6.07) is 22.4. The van der Waals surface area contributed by atoms with Crippen molar-refractivity contribution >= 4 is 33.4 Å². The van der Waals surface area contributed by atoms with Gasteiger partial charge in [-0.2, -0.15) is 11.8 Å². The number of sulfonamides is 1. The molecule has 0 unspecified atom stereocenters. The maximum atomic E-state index is 13.4. The van der Waals surface area contributed by atoms with Crippen LogP contribution >= 0.6 is 11.8 Å². The topological polar surface area (TPSA) is 66.5 Å². The van der Waals surface area contributed by atoms with Gasteiger partial charge in [0.25, 0.3) is 10.0 Å². The van der Waals surface area contributed by atoms with E-state index < -0.39 is 10.0 Å². The van der Waals surface area contributed by atoms with Gasteiger partial charge in [0.1, 0.15) is 6.54 Å². The number of para-hydroxylation sites is 1. The number of carbonyl (C=O) groups is 1. The zero-order valence-electron chi connectivity index (χ0n) is 20.0. The van der Waals surface area contributed by atoms with E-state index in [1.807, 2.05) is 37.7 Å². The van der Waals surface area contributed by atoms with Crippen molar-refractivity contribution in [1.29, 1.82) is 0 Å². The summed E-state index contributed by atoms with van der Waals surface area (Å²) in [5, 5.41) is 2.88. The van der Waals surface area contributed by atoms with E-state index in [9.17, 15) is 13.2 Å². The standard InChI is InChI=1S/C27H32N2O3S2/c1-21-9-13-24(14-10-21)20-33-18-6-17-28-27(30)19-29(26-8-5-4-7-23(26)3)34(31,32)25-15-11-22(2)12-16-25/h4-5,7-16H,6,17-20H2,1-3H3,(H,28,30). The van der Waals surface area contributed by atoms with Gasteiger partial charge in [0.2, 0.25) is 5.91 Å². The summed E-state index contributed by atoms with van der Waals surface area (Å²) in [4.78, 5) is 12.9. The van der Waals surface area contributed by atoms with Crippen molar-refractivity contribution in [2.24, 2.45) is 0 Å². The fraction of sp³-hybridized carbons (Fsp3) is 0.296. The summed E-state index contributed by atoms with van der Waals surface area (Å²) >= 11 is 1.82. The molecular formula is C27H32N2O3S2. The van der Waals surface area contributed by atoms with Gasteiger partial charge in [-0.3, -0.25) is 9.10 Å². The van der Waals surface area contributed by atoms with Crippen molar-refractivity contribution in [1.82, 2.24) is 5.32 Å². The highest BCUT2D eigenvalue weighted by Gasteiger charge is 2.28. The minimum atomic E-state index is -3.89. The number of hydrogen-bond donors (Lipinski definition) is 1. The highest BCUT2D eigenvalue weighted by Crippen LogP contribution is 2.26. The lowest BCUT2D eigenvalue weighted by atomic mass is 10.2. The molecule has 3 aromatic carbocycles. The van der Waals surface area contributed by atoms with Crippen LogP contribution in [0.4, 0.5) is 5.69 Å². The van der Waals surface area contributed by atoms with Gasteiger partial charge in [-0.05, 0) is 62.3 Å². The molecule has 5 nitrogen and oxygen atoms in total. The largest absolute Gasteiger partial charge is 0.354 e. The van der Waals surface area contributed by atoms with E-state index in [-0.39, 0.29) is 17.3 Å². The average molecular weight is 497 g/mol. The highest BCUT2D eigenvalue weighted by atomic mass is 32.2. The maximum Gasteiger partial charge on any atom is 0.264 e. The predicted molar refractivity (Wildman–Crippen MR) is 142 cm³/mol. The van der Waals surface area contributed by atoms with Crippen LogP contribution in [0, 0.1) is 20.8 Å². The van der Waals surface area contributed by atoms with Crippen LogP contribution in [0.25, 0.3) is 0 Å². The average Bonchev–Trinajstić information content (AvgIpc) is 2.81. The van der Waals surface area contributed by atoms with Crippen molar-refractivity contribution in [3.05, 3.63) is 95.1 Å². The second-order valence-corrected chi connectivity index (χ2v) is 11.3. The lowest BCUT2D eigenvalue weighted by molar-refractivity contribution is -0.119. The molecule has 0 fully saturated rings. The molecule has 3 rings (SSSR count). The second kappa shape index (κ2) is 12.1. The molecule has 0 aliphatic heterocycles. The summed E-state index contributed by atoms with van der Waals surface area (Å²) in [5.41, 5.74) is 4.81. The van der Waals surface area contributed by atoms with Crippen LogP contribution < -0.4 is 9.62 Å². The molecule has 1 amide bonds. The van der Waals surface area contributed by atoms with Crippen molar-refractivity contribution in [2.75, 3.05) is 23.1 Å². The number of hydrogen-bond acceptors (Lipinski definition) is 4. The molecule has 0 atom stereocenters. The van der Waals surface area contributed by atoms with Gasteiger partial charge in [-0.25, -0.2) is 8.42 Å². The molecule has 3 aromatic rings. The predicted octanol–water partition coefficient (Wildman–Crippen LogP) is 5.25. The van der Waals surface area contributed by atoms with Gasteiger partial charge < -0.3 is 5.32 Å². The SMILES string of the molecule is Cc1ccc(CSCCCNC(=O)CN(c2ccccc2C)S(=O)(=O)c2ccc(C)cc2)cc1. The molecule has 0 saturated carbocycles. The molecule has 0 radical (unpaired) electrons. The molecule has 0 spiro atoms. The number of aryl methyl sites for hydroxylation is 3. The molecule has 0 aliphatic rings.